The minimum Gasteiger partial charge on any atom is -0.488 e. The molecule has 1 aromatic rings. The summed E-state index contributed by atoms with van der Waals surface area (Å²) in [5.41, 5.74) is 0.788. The molecular formula is C16H21NO6. The fourth-order valence-electron chi connectivity index (χ4n) is 1.97. The van der Waals surface area contributed by atoms with Crippen molar-refractivity contribution in [3.8, 4) is 5.75 Å². The first-order valence-electron chi connectivity index (χ1n) is 7.58. The van der Waals surface area contributed by atoms with E-state index >= 15 is 0 Å². The average molecular weight is 323 g/mol. The van der Waals surface area contributed by atoms with Crippen molar-refractivity contribution in [1.29, 1.82) is 0 Å². The Balaban J connectivity index is 1.73. The lowest BCUT2D eigenvalue weighted by atomic mass is 10.2. The first kappa shape index (κ1) is 17.2. The van der Waals surface area contributed by atoms with Crippen molar-refractivity contribution >= 4 is 12.2 Å². The number of ether oxygens (including phenoxy) is 3. The zero-order valence-electron chi connectivity index (χ0n) is 12.8. The van der Waals surface area contributed by atoms with Gasteiger partial charge in [0.05, 0.1) is 19.4 Å². The van der Waals surface area contributed by atoms with Gasteiger partial charge < -0.3 is 24.2 Å². The molecule has 23 heavy (non-hydrogen) atoms. The van der Waals surface area contributed by atoms with Crippen molar-refractivity contribution in [3.05, 3.63) is 29.8 Å². The van der Waals surface area contributed by atoms with Crippen molar-refractivity contribution in [2.75, 3.05) is 26.4 Å². The van der Waals surface area contributed by atoms with E-state index in [1.165, 1.54) is 0 Å². The molecule has 126 valence electrons. The van der Waals surface area contributed by atoms with Crippen LogP contribution < -0.4 is 4.74 Å². The molecule has 1 aliphatic heterocycles. The zero-order valence-corrected chi connectivity index (χ0v) is 12.8. The number of benzene rings is 1. The maximum absolute atomic E-state index is 10.4. The van der Waals surface area contributed by atoms with Gasteiger partial charge in [0.2, 0.25) is 0 Å². The number of oxime groups is 1. The van der Waals surface area contributed by atoms with E-state index in [-0.39, 0.29) is 12.7 Å². The number of hydrogen-bond donors (Lipinski definition) is 1. The molecule has 1 heterocycles. The third kappa shape index (κ3) is 6.66. The third-order valence-corrected chi connectivity index (χ3v) is 3.13. The van der Waals surface area contributed by atoms with Crippen molar-refractivity contribution in [3.63, 3.8) is 0 Å². The van der Waals surface area contributed by atoms with Crippen LogP contribution in [0.15, 0.2) is 29.4 Å². The molecule has 1 aromatic carbocycles. The van der Waals surface area contributed by atoms with Crippen LogP contribution in [0.5, 0.6) is 5.75 Å². The molecule has 2 rings (SSSR count). The second-order valence-electron chi connectivity index (χ2n) is 4.94. The highest BCUT2D eigenvalue weighted by Crippen LogP contribution is 2.17. The van der Waals surface area contributed by atoms with Gasteiger partial charge in [0, 0.05) is 12.0 Å². The number of nitrogens with zero attached hydrogens (tertiary/aromatic N) is 1. The third-order valence-electron chi connectivity index (χ3n) is 3.13. The van der Waals surface area contributed by atoms with Crippen LogP contribution in [-0.2, 0) is 19.1 Å². The first-order valence-corrected chi connectivity index (χ1v) is 7.58. The summed E-state index contributed by atoms with van der Waals surface area (Å²) >= 11 is 0. The summed E-state index contributed by atoms with van der Waals surface area (Å²) in [6.45, 7) is 1.89. The van der Waals surface area contributed by atoms with Gasteiger partial charge in [-0.25, -0.2) is 0 Å². The predicted molar refractivity (Wildman–Crippen MR) is 82.7 cm³/mol. The molecule has 0 amide bonds. The van der Waals surface area contributed by atoms with Gasteiger partial charge in [-0.15, -0.1) is 0 Å². The summed E-state index contributed by atoms with van der Waals surface area (Å²) in [6.07, 6.45) is 2.62. The van der Waals surface area contributed by atoms with Gasteiger partial charge in [-0.2, -0.15) is 0 Å². The second-order valence-corrected chi connectivity index (χ2v) is 4.94. The van der Waals surface area contributed by atoms with Crippen LogP contribution in [0.3, 0.4) is 0 Å². The van der Waals surface area contributed by atoms with Gasteiger partial charge in [0.25, 0.3) is 0 Å². The Hall–Kier alpha value is -2.12. The van der Waals surface area contributed by atoms with Crippen LogP contribution in [0.4, 0.5) is 0 Å². The Morgan fingerprint density at radius 1 is 1.30 bits per heavy atom. The molecule has 0 unspecified atom stereocenters. The van der Waals surface area contributed by atoms with Crippen molar-refractivity contribution < 1.29 is 28.9 Å². The SMILES string of the molecule is O=C(O)CCCCO/N=C\c1ccccc1OCC1OCCO1. The molecule has 0 spiro atoms. The largest absolute Gasteiger partial charge is 0.488 e. The van der Waals surface area contributed by atoms with Crippen LogP contribution in [0.2, 0.25) is 0 Å². The highest BCUT2D eigenvalue weighted by Gasteiger charge is 2.16. The quantitative estimate of drug-likeness (QED) is 0.403. The predicted octanol–water partition coefficient (Wildman–Crippen LogP) is 2.04. The molecule has 1 N–H and O–H groups in total. The van der Waals surface area contributed by atoms with Crippen LogP contribution >= 0.6 is 0 Å². The molecule has 0 radical (unpaired) electrons. The lowest BCUT2D eigenvalue weighted by Crippen LogP contribution is -2.18. The summed E-state index contributed by atoms with van der Waals surface area (Å²) < 4.78 is 16.3. The second kappa shape index (κ2) is 9.81. The number of aliphatic carboxylic acids is 1. The lowest BCUT2D eigenvalue weighted by molar-refractivity contribution is -0.137. The maximum atomic E-state index is 10.4. The molecule has 7 nitrogen and oxygen atoms in total. The summed E-state index contributed by atoms with van der Waals surface area (Å²) in [6, 6.07) is 7.45. The van der Waals surface area contributed by atoms with E-state index in [0.717, 1.165) is 5.56 Å². The first-order chi connectivity index (χ1) is 11.3. The Kier molecular flexibility index (Phi) is 7.35. The molecule has 0 bridgehead atoms. The molecule has 0 aromatic heterocycles. The van der Waals surface area contributed by atoms with E-state index in [9.17, 15) is 4.79 Å². The van der Waals surface area contributed by atoms with Gasteiger partial charge in [-0.1, -0.05) is 17.3 Å². The Morgan fingerprint density at radius 3 is 2.87 bits per heavy atom. The Labute approximate surface area is 134 Å². The summed E-state index contributed by atoms with van der Waals surface area (Å²) in [7, 11) is 0. The zero-order chi connectivity index (χ0) is 16.3. The van der Waals surface area contributed by atoms with Gasteiger partial charge in [-0.3, -0.25) is 4.79 Å². The van der Waals surface area contributed by atoms with Gasteiger partial charge in [-0.05, 0) is 25.0 Å². The molecule has 0 atom stereocenters. The Bertz CT molecular complexity index is 513. The molecule has 1 aliphatic rings. The monoisotopic (exact) mass is 323 g/mol. The number of para-hydroxylation sites is 1. The highest BCUT2D eigenvalue weighted by molar-refractivity contribution is 5.83. The van der Waals surface area contributed by atoms with Crippen LogP contribution in [0.25, 0.3) is 0 Å². The van der Waals surface area contributed by atoms with Crippen LogP contribution in [-0.4, -0.2) is 50.0 Å². The van der Waals surface area contributed by atoms with Crippen molar-refractivity contribution in [2.24, 2.45) is 5.16 Å². The number of hydrogen-bond acceptors (Lipinski definition) is 6. The van der Waals surface area contributed by atoms with Crippen molar-refractivity contribution in [1.82, 2.24) is 0 Å². The molecular weight excluding hydrogens is 302 g/mol. The summed E-state index contributed by atoms with van der Waals surface area (Å²) in [5, 5.41) is 12.4. The maximum Gasteiger partial charge on any atom is 0.303 e. The summed E-state index contributed by atoms with van der Waals surface area (Å²) in [5.74, 6) is -0.125. The fourth-order valence-corrected chi connectivity index (χ4v) is 1.97. The van der Waals surface area contributed by atoms with E-state index in [2.05, 4.69) is 5.16 Å². The topological polar surface area (TPSA) is 86.6 Å². The highest BCUT2D eigenvalue weighted by atomic mass is 16.7. The van der Waals surface area contributed by atoms with Gasteiger partial charge >= 0.3 is 5.97 Å². The van der Waals surface area contributed by atoms with E-state index < -0.39 is 5.97 Å². The smallest absolute Gasteiger partial charge is 0.303 e. The number of unbranched alkanes of at least 4 members (excludes halogenated alkanes) is 1. The van der Waals surface area contributed by atoms with E-state index in [1.807, 2.05) is 24.3 Å². The van der Waals surface area contributed by atoms with E-state index in [1.54, 1.807) is 6.21 Å². The normalized spacial score (nSPS) is 15.1. The number of carboxylic acids is 1. The molecule has 0 saturated carbocycles. The number of carboxylic acid groups (broad SMARTS) is 1. The molecule has 1 saturated heterocycles. The minimum absolute atomic E-state index is 0.148. The van der Waals surface area contributed by atoms with Gasteiger partial charge in [0.1, 0.15) is 19.0 Å². The number of carbonyl (C=O) groups is 1. The van der Waals surface area contributed by atoms with E-state index in [0.29, 0.717) is 45.0 Å². The lowest BCUT2D eigenvalue weighted by Gasteiger charge is -2.12. The summed E-state index contributed by atoms with van der Waals surface area (Å²) in [4.78, 5) is 15.5. The minimum atomic E-state index is -0.796. The van der Waals surface area contributed by atoms with Crippen LogP contribution in [0, 0.1) is 0 Å². The average Bonchev–Trinajstić information content (AvgIpc) is 3.06. The fraction of sp³-hybridized carbons (Fsp3) is 0.500. The van der Waals surface area contributed by atoms with Crippen LogP contribution in [0.1, 0.15) is 24.8 Å². The van der Waals surface area contributed by atoms with Crippen molar-refractivity contribution in [2.45, 2.75) is 25.6 Å². The number of rotatable bonds is 10. The molecule has 7 heteroatoms. The van der Waals surface area contributed by atoms with E-state index in [4.69, 9.17) is 24.2 Å². The standard InChI is InChI=1S/C16H21NO6/c18-15(19)7-3-4-8-23-17-11-13-5-1-2-6-14(13)22-12-16-20-9-10-21-16/h1-2,5-6,11,16H,3-4,7-10,12H2,(H,18,19)/b17-11-. The molecule has 0 aliphatic carbocycles. The Morgan fingerprint density at radius 2 is 2.09 bits per heavy atom. The van der Waals surface area contributed by atoms with Gasteiger partial charge in [0.15, 0.2) is 6.29 Å². The molecule has 1 fully saturated rings.